The average Bonchev–Trinajstić information content (AvgIpc) is 3.22. The second kappa shape index (κ2) is 10.8. The van der Waals surface area contributed by atoms with Gasteiger partial charge in [0.2, 0.25) is 0 Å². The van der Waals surface area contributed by atoms with E-state index in [2.05, 4.69) is 0 Å². The van der Waals surface area contributed by atoms with Crippen molar-refractivity contribution < 1.29 is 33.4 Å². The maximum atomic E-state index is 13.4. The molecule has 1 aliphatic carbocycles. The first-order chi connectivity index (χ1) is 18.7. The number of rotatable bonds is 4. The Bertz CT molecular complexity index is 1320. The normalized spacial score (nSPS) is 25.8. The van der Waals surface area contributed by atoms with E-state index in [1.807, 2.05) is 68.5 Å². The summed E-state index contributed by atoms with van der Waals surface area (Å²) in [5, 5.41) is 1.21. The highest BCUT2D eigenvalue weighted by Gasteiger charge is 2.61. The molecule has 2 saturated heterocycles. The lowest BCUT2D eigenvalue weighted by atomic mass is 9.66. The number of hydrogen-bond donors (Lipinski definition) is 0. The van der Waals surface area contributed by atoms with Crippen molar-refractivity contribution in [2.75, 3.05) is 13.2 Å². The van der Waals surface area contributed by atoms with E-state index in [0.29, 0.717) is 10.5 Å². The Labute approximate surface area is 231 Å². The summed E-state index contributed by atoms with van der Waals surface area (Å²) in [6.07, 6.45) is 0.417. The van der Waals surface area contributed by atoms with Crippen LogP contribution in [0.5, 0.6) is 0 Å². The molecule has 0 bridgehead atoms. The zero-order valence-corrected chi connectivity index (χ0v) is 23.0. The van der Waals surface area contributed by atoms with Crippen molar-refractivity contribution in [1.29, 1.82) is 0 Å². The van der Waals surface area contributed by atoms with Crippen molar-refractivity contribution in [1.82, 2.24) is 9.42 Å². The number of ether oxygens (including phenoxy) is 3. The number of carbonyl (C=O) groups is 4. The molecule has 5 rings (SSSR count). The molecular weight excluding hydrogens is 520 g/mol. The van der Waals surface area contributed by atoms with E-state index in [4.69, 9.17) is 14.2 Å². The van der Waals surface area contributed by atoms with Gasteiger partial charge in [-0.15, -0.1) is 4.41 Å². The zero-order valence-electron chi connectivity index (χ0n) is 22.2. The molecule has 39 heavy (non-hydrogen) atoms. The highest BCUT2D eigenvalue weighted by Crippen LogP contribution is 2.59. The number of amides is 2. The molecule has 2 heterocycles. The number of cyclic esters (lactones) is 2. The standard InChI is InChI=1S/C29H30N2O7S/c1-5-36-28(34)30-25(19-13-9-17(4)10-14-19)23-21(39-31(30)29(35)37-6-2)15-20(18-11-7-16(3)8-12-18)22-24(23)27(33)38-26(22)32/h7-15,20,22-25H,5-6H2,1-4H3. The fourth-order valence-corrected chi connectivity index (χ4v) is 6.76. The van der Waals surface area contributed by atoms with Crippen molar-refractivity contribution in [3.63, 3.8) is 0 Å². The predicted octanol–water partition coefficient (Wildman–Crippen LogP) is 5.45. The van der Waals surface area contributed by atoms with Gasteiger partial charge in [-0.2, -0.15) is 5.01 Å². The third-order valence-corrected chi connectivity index (χ3v) is 8.45. The minimum absolute atomic E-state index is 0.0761. The highest BCUT2D eigenvalue weighted by atomic mass is 32.2. The third-order valence-electron chi connectivity index (χ3n) is 7.33. The number of benzene rings is 2. The first kappa shape index (κ1) is 26.8. The zero-order chi connectivity index (χ0) is 27.8. The van der Waals surface area contributed by atoms with Gasteiger partial charge >= 0.3 is 24.1 Å². The van der Waals surface area contributed by atoms with Crippen LogP contribution in [0.3, 0.4) is 0 Å². The summed E-state index contributed by atoms with van der Waals surface area (Å²) < 4.78 is 17.1. The van der Waals surface area contributed by atoms with E-state index in [1.165, 1.54) is 5.01 Å². The number of esters is 2. The monoisotopic (exact) mass is 550 g/mol. The molecule has 0 N–H and O–H groups in total. The van der Waals surface area contributed by atoms with Gasteiger partial charge in [-0.1, -0.05) is 65.7 Å². The topological polar surface area (TPSA) is 102 Å². The van der Waals surface area contributed by atoms with E-state index >= 15 is 0 Å². The molecule has 3 aliphatic rings. The van der Waals surface area contributed by atoms with Crippen LogP contribution in [-0.4, -0.2) is 46.8 Å². The minimum atomic E-state index is -0.871. The molecule has 0 saturated carbocycles. The molecule has 2 aromatic rings. The molecule has 5 unspecified atom stereocenters. The number of fused-ring (bicyclic) bond motifs is 3. The smallest absolute Gasteiger partial charge is 0.439 e. The summed E-state index contributed by atoms with van der Waals surface area (Å²) in [7, 11) is 0. The van der Waals surface area contributed by atoms with Gasteiger partial charge in [0.15, 0.2) is 0 Å². The lowest BCUT2D eigenvalue weighted by Crippen LogP contribution is -2.56. The number of hydrazine groups is 1. The predicted molar refractivity (Wildman–Crippen MR) is 143 cm³/mol. The third kappa shape index (κ3) is 4.78. The van der Waals surface area contributed by atoms with Crippen LogP contribution in [0.4, 0.5) is 9.59 Å². The maximum absolute atomic E-state index is 13.4. The first-order valence-electron chi connectivity index (χ1n) is 13.0. The summed E-state index contributed by atoms with van der Waals surface area (Å²) in [6, 6.07) is 14.4. The van der Waals surface area contributed by atoms with Gasteiger partial charge in [0.1, 0.15) is 0 Å². The van der Waals surface area contributed by atoms with Crippen LogP contribution in [0.25, 0.3) is 0 Å². The lowest BCUT2D eigenvalue weighted by molar-refractivity contribution is -0.154. The Hall–Kier alpha value is -3.79. The van der Waals surface area contributed by atoms with Gasteiger partial charge in [0, 0.05) is 28.7 Å². The molecule has 10 heteroatoms. The van der Waals surface area contributed by atoms with Gasteiger partial charge in [-0.3, -0.25) is 9.59 Å². The molecule has 2 amide bonds. The second-order valence-electron chi connectivity index (χ2n) is 9.79. The molecule has 0 radical (unpaired) electrons. The molecule has 2 aromatic carbocycles. The average molecular weight is 551 g/mol. The van der Waals surface area contributed by atoms with Gasteiger partial charge < -0.3 is 14.2 Å². The van der Waals surface area contributed by atoms with Crippen LogP contribution in [0, 0.1) is 31.6 Å². The van der Waals surface area contributed by atoms with Gasteiger partial charge in [0.05, 0.1) is 31.1 Å². The first-order valence-corrected chi connectivity index (χ1v) is 13.7. The van der Waals surface area contributed by atoms with E-state index in [9.17, 15) is 19.2 Å². The van der Waals surface area contributed by atoms with Crippen LogP contribution in [0.2, 0.25) is 0 Å². The maximum Gasteiger partial charge on any atom is 0.439 e. The Balaban J connectivity index is 1.72. The molecule has 2 fully saturated rings. The van der Waals surface area contributed by atoms with Crippen LogP contribution in [0.15, 0.2) is 59.5 Å². The van der Waals surface area contributed by atoms with Gasteiger partial charge in [-0.05, 0) is 38.8 Å². The number of hydrogen-bond acceptors (Lipinski definition) is 8. The van der Waals surface area contributed by atoms with Crippen molar-refractivity contribution in [3.8, 4) is 0 Å². The summed E-state index contributed by atoms with van der Waals surface area (Å²) in [4.78, 5) is 53.8. The summed E-state index contributed by atoms with van der Waals surface area (Å²) in [5.74, 6) is -3.98. The van der Waals surface area contributed by atoms with Crippen molar-refractivity contribution in [2.24, 2.45) is 17.8 Å². The number of aryl methyl sites for hydroxylation is 2. The molecule has 2 aliphatic heterocycles. The highest BCUT2D eigenvalue weighted by molar-refractivity contribution is 8.01. The van der Waals surface area contributed by atoms with E-state index < -0.39 is 53.8 Å². The molecule has 0 spiro atoms. The number of nitrogens with zero attached hydrogens (tertiary/aromatic N) is 2. The Kier molecular flexibility index (Phi) is 7.40. The fraction of sp³-hybridized carbons (Fsp3) is 0.379. The van der Waals surface area contributed by atoms with Gasteiger partial charge in [-0.25, -0.2) is 9.59 Å². The SMILES string of the molecule is CCOC(=O)N1SC2=CC(c3ccc(C)cc3)C3C(=O)OC(=O)C3C2C(c2ccc(C)cc2)N1C(=O)OCC. The Morgan fingerprint density at radius 2 is 1.33 bits per heavy atom. The van der Waals surface area contributed by atoms with Crippen LogP contribution >= 0.6 is 11.9 Å². The molecule has 9 nitrogen and oxygen atoms in total. The number of carbonyl (C=O) groups excluding carboxylic acids is 4. The molecule has 204 valence electrons. The van der Waals surface area contributed by atoms with Crippen molar-refractivity contribution in [3.05, 3.63) is 81.8 Å². The fourth-order valence-electron chi connectivity index (χ4n) is 5.58. The van der Waals surface area contributed by atoms with Crippen molar-refractivity contribution in [2.45, 2.75) is 39.7 Å². The van der Waals surface area contributed by atoms with Crippen LogP contribution in [0.1, 0.15) is 48.1 Å². The molecule has 5 atom stereocenters. The van der Waals surface area contributed by atoms with E-state index in [-0.39, 0.29) is 13.2 Å². The minimum Gasteiger partial charge on any atom is -0.448 e. The summed E-state index contributed by atoms with van der Waals surface area (Å²) in [5.41, 5.74) is 3.60. The summed E-state index contributed by atoms with van der Waals surface area (Å²) >= 11 is 1.01. The quantitative estimate of drug-likeness (QED) is 0.214. The van der Waals surface area contributed by atoms with Crippen molar-refractivity contribution >= 4 is 36.1 Å². The second-order valence-corrected chi connectivity index (χ2v) is 10.8. The number of allylic oxidation sites excluding steroid dienone is 1. The molecule has 0 aromatic heterocycles. The van der Waals surface area contributed by atoms with E-state index in [1.54, 1.807) is 13.8 Å². The Morgan fingerprint density at radius 1 is 0.795 bits per heavy atom. The summed E-state index contributed by atoms with van der Waals surface area (Å²) in [6.45, 7) is 7.44. The van der Waals surface area contributed by atoms with Gasteiger partial charge in [0.25, 0.3) is 0 Å². The van der Waals surface area contributed by atoms with E-state index in [0.717, 1.165) is 33.1 Å². The largest absolute Gasteiger partial charge is 0.448 e. The van der Waals surface area contributed by atoms with Crippen LogP contribution < -0.4 is 0 Å². The lowest BCUT2D eigenvalue weighted by Gasteiger charge is -2.50. The Morgan fingerprint density at radius 3 is 1.92 bits per heavy atom. The van der Waals surface area contributed by atoms with Crippen LogP contribution in [-0.2, 0) is 23.8 Å². The molecular formula is C29H30N2O7S.